The van der Waals surface area contributed by atoms with E-state index in [4.69, 9.17) is 4.74 Å². The zero-order valence-electron chi connectivity index (χ0n) is 9.86. The Morgan fingerprint density at radius 1 is 1.41 bits per heavy atom. The molecule has 96 valence electrons. The van der Waals surface area contributed by atoms with Crippen LogP contribution in [0.25, 0.3) is 0 Å². The molecule has 0 aromatic heterocycles. The highest BCUT2D eigenvalue weighted by atomic mass is 32.2. The van der Waals surface area contributed by atoms with Crippen molar-refractivity contribution in [1.29, 1.82) is 0 Å². The average Bonchev–Trinajstić information content (AvgIpc) is 2.24. The summed E-state index contributed by atoms with van der Waals surface area (Å²) in [6.07, 6.45) is 1.17. The van der Waals surface area contributed by atoms with Crippen molar-refractivity contribution in [3.63, 3.8) is 0 Å². The first-order chi connectivity index (χ1) is 7.92. The molecule has 0 aliphatic carbocycles. The molecule has 1 rings (SSSR count). The molecule has 0 unspecified atom stereocenters. The standard InChI is InChI=1S/C11H16FNO3S/c1-16-10-4-3-9(11(12)7-10)8-13-5-6-17(2,14)15/h3-4,7,13H,5-6,8H2,1-2H3. The Bertz CT molecular complexity index is 474. The molecule has 0 heterocycles. The number of rotatable bonds is 6. The summed E-state index contributed by atoms with van der Waals surface area (Å²) in [6.45, 7) is 0.607. The summed E-state index contributed by atoms with van der Waals surface area (Å²) >= 11 is 0. The Morgan fingerprint density at radius 3 is 2.65 bits per heavy atom. The van der Waals surface area contributed by atoms with Crippen molar-refractivity contribution in [3.05, 3.63) is 29.6 Å². The molecule has 17 heavy (non-hydrogen) atoms. The Hall–Kier alpha value is -1.14. The predicted molar refractivity (Wildman–Crippen MR) is 64.4 cm³/mol. The number of benzene rings is 1. The van der Waals surface area contributed by atoms with Gasteiger partial charge in [0.05, 0.1) is 12.9 Å². The average molecular weight is 261 g/mol. The molecule has 1 aromatic carbocycles. The molecule has 1 N–H and O–H groups in total. The number of ether oxygens (including phenoxy) is 1. The smallest absolute Gasteiger partial charge is 0.148 e. The Morgan fingerprint density at radius 2 is 2.12 bits per heavy atom. The molecule has 0 radical (unpaired) electrons. The van der Waals surface area contributed by atoms with E-state index in [0.717, 1.165) is 0 Å². The Labute approximate surface area is 101 Å². The molecule has 0 atom stereocenters. The molecule has 0 bridgehead atoms. The van der Waals surface area contributed by atoms with Crippen molar-refractivity contribution in [2.24, 2.45) is 0 Å². The topological polar surface area (TPSA) is 55.4 Å². The number of methoxy groups -OCH3 is 1. The highest BCUT2D eigenvalue weighted by Gasteiger charge is 2.05. The molecule has 0 amide bonds. The van der Waals surface area contributed by atoms with E-state index in [2.05, 4.69) is 5.32 Å². The van der Waals surface area contributed by atoms with Crippen LogP contribution in [0.3, 0.4) is 0 Å². The van der Waals surface area contributed by atoms with Crippen molar-refractivity contribution in [3.8, 4) is 5.75 Å². The van der Waals surface area contributed by atoms with E-state index in [9.17, 15) is 12.8 Å². The van der Waals surface area contributed by atoms with E-state index in [0.29, 0.717) is 24.4 Å². The molecule has 1 aromatic rings. The molecule has 0 fully saturated rings. The van der Waals surface area contributed by atoms with E-state index < -0.39 is 9.84 Å². The third-order valence-electron chi connectivity index (χ3n) is 2.23. The van der Waals surface area contributed by atoms with Crippen LogP contribution in [0.4, 0.5) is 4.39 Å². The van der Waals surface area contributed by atoms with Gasteiger partial charge >= 0.3 is 0 Å². The first-order valence-electron chi connectivity index (χ1n) is 5.13. The summed E-state index contributed by atoms with van der Waals surface area (Å²) in [6, 6.07) is 4.58. The minimum atomic E-state index is -2.98. The zero-order valence-corrected chi connectivity index (χ0v) is 10.7. The summed E-state index contributed by atoms with van der Waals surface area (Å²) < 4.78 is 40.1. The van der Waals surface area contributed by atoms with Crippen molar-refractivity contribution in [2.75, 3.05) is 25.7 Å². The van der Waals surface area contributed by atoms with Crippen LogP contribution in [-0.4, -0.2) is 34.1 Å². The summed E-state index contributed by atoms with van der Waals surface area (Å²) in [7, 11) is -1.50. The van der Waals surface area contributed by atoms with Crippen LogP contribution in [0.1, 0.15) is 5.56 Å². The quantitative estimate of drug-likeness (QED) is 0.775. The molecular weight excluding hydrogens is 245 g/mol. The molecule has 0 saturated heterocycles. The van der Waals surface area contributed by atoms with Gasteiger partial charge in [-0.15, -0.1) is 0 Å². The second-order valence-electron chi connectivity index (χ2n) is 3.76. The van der Waals surface area contributed by atoms with E-state index in [1.54, 1.807) is 12.1 Å². The molecule has 0 aliphatic heterocycles. The molecule has 0 aliphatic rings. The second-order valence-corrected chi connectivity index (χ2v) is 6.02. The number of nitrogens with one attached hydrogen (secondary N) is 1. The van der Waals surface area contributed by atoms with Crippen LogP contribution in [0.2, 0.25) is 0 Å². The van der Waals surface area contributed by atoms with Crippen molar-refractivity contribution < 1.29 is 17.5 Å². The predicted octanol–water partition coefficient (Wildman–Crippen LogP) is 0.969. The summed E-state index contributed by atoms with van der Waals surface area (Å²) in [5.41, 5.74) is 0.485. The maximum atomic E-state index is 13.5. The van der Waals surface area contributed by atoms with Gasteiger partial charge in [-0.2, -0.15) is 0 Å². The van der Waals surface area contributed by atoms with E-state index in [1.807, 2.05) is 0 Å². The van der Waals surface area contributed by atoms with Gasteiger partial charge in [-0.3, -0.25) is 0 Å². The van der Waals surface area contributed by atoms with Gasteiger partial charge in [0.1, 0.15) is 21.4 Å². The molecule has 0 spiro atoms. The van der Waals surface area contributed by atoms with Crippen LogP contribution >= 0.6 is 0 Å². The summed E-state index contributed by atoms with van der Waals surface area (Å²) in [4.78, 5) is 0. The van der Waals surface area contributed by atoms with E-state index in [-0.39, 0.29) is 11.6 Å². The van der Waals surface area contributed by atoms with Gasteiger partial charge in [0.25, 0.3) is 0 Å². The fourth-order valence-electron chi connectivity index (χ4n) is 1.28. The van der Waals surface area contributed by atoms with Gasteiger partial charge in [-0.25, -0.2) is 12.8 Å². The summed E-state index contributed by atoms with van der Waals surface area (Å²) in [5.74, 6) is 0.142. The first-order valence-corrected chi connectivity index (χ1v) is 7.19. The third-order valence-corrected chi connectivity index (χ3v) is 3.17. The molecule has 0 saturated carbocycles. The maximum absolute atomic E-state index is 13.5. The lowest BCUT2D eigenvalue weighted by atomic mass is 10.2. The number of hydrogen-bond acceptors (Lipinski definition) is 4. The third kappa shape index (κ3) is 5.14. The number of hydrogen-bond donors (Lipinski definition) is 1. The van der Waals surface area contributed by atoms with E-state index in [1.165, 1.54) is 19.4 Å². The van der Waals surface area contributed by atoms with Gasteiger partial charge in [-0.05, 0) is 6.07 Å². The number of sulfone groups is 1. The highest BCUT2D eigenvalue weighted by Crippen LogP contribution is 2.15. The lowest BCUT2D eigenvalue weighted by Gasteiger charge is -2.07. The van der Waals surface area contributed by atoms with Crippen LogP contribution < -0.4 is 10.1 Å². The fraction of sp³-hybridized carbons (Fsp3) is 0.455. The highest BCUT2D eigenvalue weighted by molar-refractivity contribution is 7.90. The minimum Gasteiger partial charge on any atom is -0.497 e. The van der Waals surface area contributed by atoms with Crippen LogP contribution in [0.15, 0.2) is 18.2 Å². The van der Waals surface area contributed by atoms with Crippen molar-refractivity contribution >= 4 is 9.84 Å². The largest absolute Gasteiger partial charge is 0.497 e. The van der Waals surface area contributed by atoms with Gasteiger partial charge in [0.2, 0.25) is 0 Å². The van der Waals surface area contributed by atoms with Crippen LogP contribution in [0, 0.1) is 5.82 Å². The lowest BCUT2D eigenvalue weighted by Crippen LogP contribution is -2.22. The minimum absolute atomic E-state index is 0.0464. The zero-order chi connectivity index (χ0) is 12.9. The number of halogens is 1. The Kier molecular flexibility index (Phi) is 4.89. The van der Waals surface area contributed by atoms with Gasteiger partial charge in [0, 0.05) is 31.0 Å². The first kappa shape index (κ1) is 13.9. The lowest BCUT2D eigenvalue weighted by molar-refractivity contribution is 0.410. The van der Waals surface area contributed by atoms with Crippen molar-refractivity contribution in [1.82, 2.24) is 5.32 Å². The monoisotopic (exact) mass is 261 g/mol. The SMILES string of the molecule is COc1ccc(CNCCS(C)(=O)=O)c(F)c1. The van der Waals surface area contributed by atoms with Gasteiger partial charge in [-0.1, -0.05) is 6.07 Å². The molecule has 6 heteroatoms. The molecule has 4 nitrogen and oxygen atoms in total. The van der Waals surface area contributed by atoms with Gasteiger partial charge < -0.3 is 10.1 Å². The fourth-order valence-corrected chi connectivity index (χ4v) is 1.79. The summed E-state index contributed by atoms with van der Waals surface area (Å²) in [5, 5.41) is 2.88. The van der Waals surface area contributed by atoms with E-state index >= 15 is 0 Å². The van der Waals surface area contributed by atoms with Crippen LogP contribution in [-0.2, 0) is 16.4 Å². The molecular formula is C11H16FNO3S. The maximum Gasteiger partial charge on any atom is 0.148 e. The Balaban J connectivity index is 2.47. The second kappa shape index (κ2) is 5.97. The van der Waals surface area contributed by atoms with Crippen LogP contribution in [0.5, 0.6) is 5.75 Å². The van der Waals surface area contributed by atoms with Crippen molar-refractivity contribution in [2.45, 2.75) is 6.54 Å². The van der Waals surface area contributed by atoms with Gasteiger partial charge in [0.15, 0.2) is 0 Å². The normalized spacial score (nSPS) is 11.5.